The van der Waals surface area contributed by atoms with E-state index in [9.17, 15) is 0 Å². The Bertz CT molecular complexity index is 202. The SMILES string of the molecule is Bc1ccnc(CO)c1. The van der Waals surface area contributed by atoms with Crippen LogP contribution in [0.2, 0.25) is 0 Å². The van der Waals surface area contributed by atoms with E-state index in [-0.39, 0.29) is 6.61 Å². The van der Waals surface area contributed by atoms with Gasteiger partial charge in [0, 0.05) is 6.20 Å². The number of rotatable bonds is 1. The van der Waals surface area contributed by atoms with E-state index in [0.717, 1.165) is 11.2 Å². The summed E-state index contributed by atoms with van der Waals surface area (Å²) in [5.74, 6) is 0. The number of nitrogens with zero attached hydrogens (tertiary/aromatic N) is 1. The highest BCUT2D eigenvalue weighted by molar-refractivity contribution is 6.32. The molecule has 3 heteroatoms. The molecule has 0 bridgehead atoms. The predicted octanol–water partition coefficient (Wildman–Crippen LogP) is -1.17. The largest absolute Gasteiger partial charge is 0.390 e. The van der Waals surface area contributed by atoms with Crippen LogP contribution in [0.15, 0.2) is 18.3 Å². The topological polar surface area (TPSA) is 33.1 Å². The lowest BCUT2D eigenvalue weighted by Gasteiger charge is -1.93. The van der Waals surface area contributed by atoms with Crippen molar-refractivity contribution in [2.45, 2.75) is 6.61 Å². The van der Waals surface area contributed by atoms with Gasteiger partial charge in [-0.15, -0.1) is 0 Å². The second kappa shape index (κ2) is 2.64. The Morgan fingerprint density at radius 2 is 2.44 bits per heavy atom. The van der Waals surface area contributed by atoms with Crippen LogP contribution in [0.1, 0.15) is 5.69 Å². The zero-order valence-corrected chi connectivity index (χ0v) is 5.33. The molecule has 0 amide bonds. The van der Waals surface area contributed by atoms with Crippen molar-refractivity contribution in [3.63, 3.8) is 0 Å². The zero-order chi connectivity index (χ0) is 6.69. The Hall–Kier alpha value is -0.825. The molecule has 0 aromatic carbocycles. The number of hydrogen-bond acceptors (Lipinski definition) is 2. The van der Waals surface area contributed by atoms with Gasteiger partial charge in [-0.25, -0.2) is 0 Å². The van der Waals surface area contributed by atoms with E-state index in [1.54, 1.807) is 6.20 Å². The quantitative estimate of drug-likeness (QED) is 0.475. The molecule has 0 unspecified atom stereocenters. The van der Waals surface area contributed by atoms with Crippen LogP contribution in [0.25, 0.3) is 0 Å². The van der Waals surface area contributed by atoms with Gasteiger partial charge in [0.1, 0.15) is 7.85 Å². The van der Waals surface area contributed by atoms with Gasteiger partial charge in [-0.1, -0.05) is 11.5 Å². The molecule has 9 heavy (non-hydrogen) atoms. The van der Waals surface area contributed by atoms with Crippen LogP contribution in [-0.2, 0) is 6.61 Å². The van der Waals surface area contributed by atoms with Crippen LogP contribution < -0.4 is 5.46 Å². The van der Waals surface area contributed by atoms with Gasteiger partial charge in [-0.05, 0) is 6.07 Å². The van der Waals surface area contributed by atoms with Crippen LogP contribution in [0.5, 0.6) is 0 Å². The first kappa shape index (κ1) is 6.30. The number of aliphatic hydroxyl groups is 1. The lowest BCUT2D eigenvalue weighted by molar-refractivity contribution is 0.277. The Balaban J connectivity index is 2.94. The Kier molecular flexibility index (Phi) is 1.85. The summed E-state index contributed by atoms with van der Waals surface area (Å²) in [6.07, 6.45) is 1.70. The first-order valence-corrected chi connectivity index (χ1v) is 2.85. The standard InChI is InChI=1S/C6H8BNO/c7-5-1-2-8-6(3-5)4-9/h1-3,9H,4,7H2. The van der Waals surface area contributed by atoms with Gasteiger partial charge < -0.3 is 5.11 Å². The summed E-state index contributed by atoms with van der Waals surface area (Å²) >= 11 is 0. The molecule has 1 N–H and O–H groups in total. The first-order chi connectivity index (χ1) is 4.33. The molecule has 0 fully saturated rings. The van der Waals surface area contributed by atoms with Crippen LogP contribution in [0.4, 0.5) is 0 Å². The van der Waals surface area contributed by atoms with Gasteiger partial charge in [0.2, 0.25) is 0 Å². The predicted molar refractivity (Wildman–Crippen MR) is 38.3 cm³/mol. The van der Waals surface area contributed by atoms with Crippen molar-refractivity contribution in [3.8, 4) is 0 Å². The number of aliphatic hydroxyl groups excluding tert-OH is 1. The fraction of sp³-hybridized carbons (Fsp3) is 0.167. The molecule has 0 saturated carbocycles. The second-order valence-corrected chi connectivity index (χ2v) is 1.98. The van der Waals surface area contributed by atoms with Crippen molar-refractivity contribution < 1.29 is 5.11 Å². The highest BCUT2D eigenvalue weighted by Crippen LogP contribution is 1.87. The van der Waals surface area contributed by atoms with Gasteiger partial charge in [-0.3, -0.25) is 4.98 Å². The van der Waals surface area contributed by atoms with E-state index in [1.165, 1.54) is 0 Å². The third kappa shape index (κ3) is 1.54. The summed E-state index contributed by atoms with van der Waals surface area (Å²) in [4.78, 5) is 3.91. The van der Waals surface area contributed by atoms with Gasteiger partial charge in [0.05, 0.1) is 12.3 Å². The molecule has 0 radical (unpaired) electrons. The third-order valence-corrected chi connectivity index (χ3v) is 1.13. The molecule has 0 atom stereocenters. The molecule has 1 aromatic rings. The molecule has 1 heterocycles. The van der Waals surface area contributed by atoms with Crippen LogP contribution in [0.3, 0.4) is 0 Å². The van der Waals surface area contributed by atoms with Crippen molar-refractivity contribution in [2.75, 3.05) is 0 Å². The molecule has 1 rings (SSSR count). The molecule has 1 aromatic heterocycles. The summed E-state index contributed by atoms with van der Waals surface area (Å²) in [7, 11) is 1.97. The Morgan fingerprint density at radius 1 is 1.67 bits per heavy atom. The van der Waals surface area contributed by atoms with Crippen LogP contribution in [0, 0.1) is 0 Å². The van der Waals surface area contributed by atoms with Crippen LogP contribution >= 0.6 is 0 Å². The lowest BCUT2D eigenvalue weighted by Crippen LogP contribution is -2.04. The summed E-state index contributed by atoms with van der Waals surface area (Å²) < 4.78 is 0. The molecular weight excluding hydrogens is 113 g/mol. The molecule has 0 saturated heterocycles. The van der Waals surface area contributed by atoms with Gasteiger partial charge in [-0.2, -0.15) is 0 Å². The van der Waals surface area contributed by atoms with E-state index >= 15 is 0 Å². The summed E-state index contributed by atoms with van der Waals surface area (Å²) in [5.41, 5.74) is 1.86. The maximum Gasteiger partial charge on any atom is 0.139 e. The Labute approximate surface area is 55.0 Å². The third-order valence-electron chi connectivity index (χ3n) is 1.13. The minimum absolute atomic E-state index is 0.0294. The highest BCUT2D eigenvalue weighted by atomic mass is 16.3. The number of pyridine rings is 1. The molecule has 0 spiro atoms. The maximum atomic E-state index is 8.60. The second-order valence-electron chi connectivity index (χ2n) is 1.98. The fourth-order valence-electron chi connectivity index (χ4n) is 0.685. The molecule has 46 valence electrons. The van der Waals surface area contributed by atoms with Crippen molar-refractivity contribution in [2.24, 2.45) is 0 Å². The van der Waals surface area contributed by atoms with E-state index in [0.29, 0.717) is 0 Å². The van der Waals surface area contributed by atoms with E-state index in [2.05, 4.69) is 4.98 Å². The molecular formula is C6H8BNO. The van der Waals surface area contributed by atoms with Gasteiger partial charge in [0.15, 0.2) is 0 Å². The maximum absolute atomic E-state index is 8.60. The van der Waals surface area contributed by atoms with E-state index in [4.69, 9.17) is 5.11 Å². The van der Waals surface area contributed by atoms with E-state index < -0.39 is 0 Å². The number of hydrogen-bond donors (Lipinski definition) is 1. The van der Waals surface area contributed by atoms with Crippen molar-refractivity contribution in [1.29, 1.82) is 0 Å². The van der Waals surface area contributed by atoms with E-state index in [1.807, 2.05) is 20.0 Å². The molecule has 0 aliphatic rings. The van der Waals surface area contributed by atoms with Crippen molar-refractivity contribution in [1.82, 2.24) is 4.98 Å². The summed E-state index contributed by atoms with van der Waals surface area (Å²) in [6.45, 7) is 0.0294. The van der Waals surface area contributed by atoms with Crippen LogP contribution in [-0.4, -0.2) is 17.9 Å². The molecule has 2 nitrogen and oxygen atoms in total. The minimum atomic E-state index is 0.0294. The zero-order valence-electron chi connectivity index (χ0n) is 5.33. The minimum Gasteiger partial charge on any atom is -0.390 e. The average molecular weight is 121 g/mol. The van der Waals surface area contributed by atoms with Crippen molar-refractivity contribution in [3.05, 3.63) is 24.0 Å². The summed E-state index contributed by atoms with van der Waals surface area (Å²) in [5, 5.41) is 8.60. The average Bonchev–Trinajstić information content (AvgIpc) is 1.88. The summed E-state index contributed by atoms with van der Waals surface area (Å²) in [6, 6.07) is 3.76. The Morgan fingerprint density at radius 3 is 2.89 bits per heavy atom. The highest BCUT2D eigenvalue weighted by Gasteiger charge is 1.88. The fourth-order valence-corrected chi connectivity index (χ4v) is 0.685. The normalized spacial score (nSPS) is 9.44. The van der Waals surface area contributed by atoms with Gasteiger partial charge >= 0.3 is 0 Å². The van der Waals surface area contributed by atoms with Gasteiger partial charge in [0.25, 0.3) is 0 Å². The number of aromatic nitrogens is 1. The monoisotopic (exact) mass is 121 g/mol. The van der Waals surface area contributed by atoms with Crippen molar-refractivity contribution >= 4 is 13.3 Å². The first-order valence-electron chi connectivity index (χ1n) is 2.85. The smallest absolute Gasteiger partial charge is 0.139 e. The molecule has 0 aliphatic carbocycles. The molecule has 0 aliphatic heterocycles. The lowest BCUT2D eigenvalue weighted by atomic mass is 9.97.